The van der Waals surface area contributed by atoms with E-state index < -0.39 is 0 Å². The molecule has 1 N–H and O–H groups in total. The molecule has 0 spiro atoms. The predicted octanol–water partition coefficient (Wildman–Crippen LogP) is 1.22. The maximum atomic E-state index is 12.3. The first-order valence-corrected chi connectivity index (χ1v) is 7.66. The zero-order chi connectivity index (χ0) is 15.5. The van der Waals surface area contributed by atoms with Crippen molar-refractivity contribution in [3.63, 3.8) is 0 Å². The molecule has 0 aliphatic carbocycles. The number of hydrogen-bond acceptors (Lipinski definition) is 3. The van der Waals surface area contributed by atoms with E-state index in [2.05, 4.69) is 5.32 Å². The Balaban J connectivity index is 1.58. The number of amides is 3. The van der Waals surface area contributed by atoms with Gasteiger partial charge in [0.2, 0.25) is 5.91 Å². The quantitative estimate of drug-likeness (QED) is 0.893. The number of morpholine rings is 1. The molecule has 2 aliphatic rings. The number of nitrogens with one attached hydrogen (secondary N) is 1. The molecule has 0 saturated carbocycles. The van der Waals surface area contributed by atoms with Gasteiger partial charge in [-0.15, -0.1) is 0 Å². The fourth-order valence-electron chi connectivity index (χ4n) is 2.93. The summed E-state index contributed by atoms with van der Waals surface area (Å²) in [5, 5.41) is 2.97. The van der Waals surface area contributed by atoms with Crippen LogP contribution < -0.4 is 10.2 Å². The maximum Gasteiger partial charge on any atom is 0.317 e. The lowest BCUT2D eigenvalue weighted by Crippen LogP contribution is -2.51. The minimum absolute atomic E-state index is 0.0480. The van der Waals surface area contributed by atoms with Crippen LogP contribution in [0.3, 0.4) is 0 Å². The molecule has 0 bridgehead atoms. The van der Waals surface area contributed by atoms with Gasteiger partial charge >= 0.3 is 6.03 Å². The fourth-order valence-corrected chi connectivity index (χ4v) is 2.93. The summed E-state index contributed by atoms with van der Waals surface area (Å²) in [5.74, 6) is 0.0480. The smallest absolute Gasteiger partial charge is 0.317 e. The average Bonchev–Trinajstić information content (AvgIpc) is 2.88. The van der Waals surface area contributed by atoms with E-state index in [1.807, 2.05) is 37.3 Å². The molecule has 118 valence electrons. The highest BCUT2D eigenvalue weighted by Gasteiger charge is 2.33. The molecule has 2 fully saturated rings. The van der Waals surface area contributed by atoms with Crippen molar-refractivity contribution in [3.8, 4) is 0 Å². The Hall–Kier alpha value is -2.08. The monoisotopic (exact) mass is 303 g/mol. The lowest BCUT2D eigenvalue weighted by molar-refractivity contribution is -0.117. The van der Waals surface area contributed by atoms with Gasteiger partial charge in [0.1, 0.15) is 0 Å². The molecule has 2 aliphatic heterocycles. The molecular formula is C16H21N3O3. The van der Waals surface area contributed by atoms with Crippen molar-refractivity contribution in [2.75, 3.05) is 31.1 Å². The van der Waals surface area contributed by atoms with Crippen molar-refractivity contribution in [3.05, 3.63) is 30.3 Å². The first-order valence-electron chi connectivity index (χ1n) is 7.66. The van der Waals surface area contributed by atoms with E-state index in [0.29, 0.717) is 32.7 Å². The standard InChI is InChI=1S/C16H21N3O3/c1-12-10-18(7-8-22-12)16(21)17-13-9-15(20)19(11-13)14-5-3-2-4-6-14/h2-6,12-13H,7-11H2,1H3,(H,17,21). The van der Waals surface area contributed by atoms with Crippen LogP contribution in [0.2, 0.25) is 0 Å². The molecule has 2 heterocycles. The predicted molar refractivity (Wildman–Crippen MR) is 82.7 cm³/mol. The first-order chi connectivity index (χ1) is 10.6. The van der Waals surface area contributed by atoms with E-state index in [4.69, 9.17) is 4.74 Å². The number of carbonyl (C=O) groups is 2. The minimum atomic E-state index is -0.140. The summed E-state index contributed by atoms with van der Waals surface area (Å²) in [6, 6.07) is 9.30. The van der Waals surface area contributed by atoms with Crippen LogP contribution >= 0.6 is 0 Å². The van der Waals surface area contributed by atoms with Crippen LogP contribution in [-0.4, -0.2) is 55.2 Å². The zero-order valence-electron chi connectivity index (χ0n) is 12.7. The van der Waals surface area contributed by atoms with Gasteiger partial charge in [-0.2, -0.15) is 0 Å². The molecule has 1 aromatic carbocycles. The molecule has 6 nitrogen and oxygen atoms in total. The summed E-state index contributed by atoms with van der Waals surface area (Å²) in [6.45, 7) is 4.23. The maximum absolute atomic E-state index is 12.3. The van der Waals surface area contributed by atoms with Gasteiger partial charge in [0.25, 0.3) is 0 Å². The number of benzene rings is 1. The number of carbonyl (C=O) groups excluding carboxylic acids is 2. The van der Waals surface area contributed by atoms with Gasteiger partial charge in [0.15, 0.2) is 0 Å². The van der Waals surface area contributed by atoms with Crippen LogP contribution in [0.1, 0.15) is 13.3 Å². The summed E-state index contributed by atoms with van der Waals surface area (Å²) in [7, 11) is 0. The Morgan fingerprint density at radius 3 is 2.77 bits per heavy atom. The van der Waals surface area contributed by atoms with E-state index >= 15 is 0 Å². The molecule has 2 saturated heterocycles. The minimum Gasteiger partial charge on any atom is -0.375 e. The Bertz CT molecular complexity index is 549. The van der Waals surface area contributed by atoms with Gasteiger partial charge < -0.3 is 19.9 Å². The number of hydrogen-bond donors (Lipinski definition) is 1. The van der Waals surface area contributed by atoms with Gasteiger partial charge in [0, 0.05) is 31.7 Å². The Kier molecular flexibility index (Phi) is 4.29. The lowest BCUT2D eigenvalue weighted by atomic mass is 10.2. The SMILES string of the molecule is CC1CN(C(=O)NC2CC(=O)N(c3ccccc3)C2)CCO1. The van der Waals surface area contributed by atoms with Crippen LogP contribution in [0.15, 0.2) is 30.3 Å². The van der Waals surface area contributed by atoms with Crippen molar-refractivity contribution in [1.82, 2.24) is 10.2 Å². The fraction of sp³-hybridized carbons (Fsp3) is 0.500. The molecule has 3 rings (SSSR count). The molecule has 22 heavy (non-hydrogen) atoms. The second-order valence-electron chi connectivity index (χ2n) is 5.82. The van der Waals surface area contributed by atoms with Gasteiger partial charge in [0.05, 0.1) is 18.8 Å². The molecule has 6 heteroatoms. The highest BCUT2D eigenvalue weighted by atomic mass is 16.5. The first kappa shape index (κ1) is 14.8. The summed E-state index contributed by atoms with van der Waals surface area (Å²) < 4.78 is 5.44. The molecule has 0 radical (unpaired) electrons. The Labute approximate surface area is 130 Å². The topological polar surface area (TPSA) is 61.9 Å². The van der Waals surface area contributed by atoms with Gasteiger partial charge in [-0.05, 0) is 19.1 Å². The average molecular weight is 303 g/mol. The van der Waals surface area contributed by atoms with E-state index in [1.54, 1.807) is 9.80 Å². The summed E-state index contributed by atoms with van der Waals surface area (Å²) in [6.07, 6.45) is 0.408. The van der Waals surface area contributed by atoms with Gasteiger partial charge in [-0.25, -0.2) is 4.79 Å². The molecule has 1 aromatic rings. The third-order valence-electron chi connectivity index (χ3n) is 4.05. The number of urea groups is 1. The van der Waals surface area contributed by atoms with Crippen molar-refractivity contribution in [2.45, 2.75) is 25.5 Å². The normalized spacial score (nSPS) is 25.4. The molecule has 3 amide bonds. The van der Waals surface area contributed by atoms with Crippen molar-refractivity contribution in [1.29, 1.82) is 0 Å². The second kappa shape index (κ2) is 6.36. The number of para-hydroxylation sites is 1. The van der Waals surface area contributed by atoms with Crippen molar-refractivity contribution < 1.29 is 14.3 Å². The van der Waals surface area contributed by atoms with E-state index in [0.717, 1.165) is 5.69 Å². The largest absolute Gasteiger partial charge is 0.375 e. The van der Waals surface area contributed by atoms with Crippen LogP contribution in [0.25, 0.3) is 0 Å². The van der Waals surface area contributed by atoms with Crippen molar-refractivity contribution >= 4 is 17.6 Å². The Morgan fingerprint density at radius 1 is 1.27 bits per heavy atom. The van der Waals surface area contributed by atoms with E-state index in [-0.39, 0.29) is 24.1 Å². The third-order valence-corrected chi connectivity index (χ3v) is 4.05. The van der Waals surface area contributed by atoms with Crippen LogP contribution in [0.4, 0.5) is 10.5 Å². The number of anilines is 1. The summed E-state index contributed by atoms with van der Waals surface area (Å²) in [4.78, 5) is 27.9. The number of rotatable bonds is 2. The third kappa shape index (κ3) is 3.22. The summed E-state index contributed by atoms with van der Waals surface area (Å²) in [5.41, 5.74) is 0.879. The van der Waals surface area contributed by atoms with Gasteiger partial charge in [-0.1, -0.05) is 18.2 Å². The van der Waals surface area contributed by atoms with Crippen molar-refractivity contribution in [2.24, 2.45) is 0 Å². The van der Waals surface area contributed by atoms with Gasteiger partial charge in [-0.3, -0.25) is 4.79 Å². The molecule has 0 aromatic heterocycles. The second-order valence-corrected chi connectivity index (χ2v) is 5.82. The highest BCUT2D eigenvalue weighted by Crippen LogP contribution is 2.21. The van der Waals surface area contributed by atoms with Crippen LogP contribution in [-0.2, 0) is 9.53 Å². The zero-order valence-corrected chi connectivity index (χ0v) is 12.7. The highest BCUT2D eigenvalue weighted by molar-refractivity contribution is 5.96. The molecule has 2 atom stereocenters. The van der Waals surface area contributed by atoms with Crippen LogP contribution in [0, 0.1) is 0 Å². The number of nitrogens with zero attached hydrogens (tertiary/aromatic N) is 2. The summed E-state index contributed by atoms with van der Waals surface area (Å²) >= 11 is 0. The Morgan fingerprint density at radius 2 is 2.05 bits per heavy atom. The van der Waals surface area contributed by atoms with E-state index in [1.165, 1.54) is 0 Å². The molecular weight excluding hydrogens is 282 g/mol. The number of ether oxygens (including phenoxy) is 1. The molecule has 2 unspecified atom stereocenters. The van der Waals surface area contributed by atoms with E-state index in [9.17, 15) is 9.59 Å². The van der Waals surface area contributed by atoms with Crippen LogP contribution in [0.5, 0.6) is 0 Å². The lowest BCUT2D eigenvalue weighted by Gasteiger charge is -2.32.